The van der Waals surface area contributed by atoms with Crippen LogP contribution in [0.25, 0.3) is 0 Å². The molecule has 0 spiro atoms. The zero-order chi connectivity index (χ0) is 20.7. The molecule has 3 atom stereocenters. The topological polar surface area (TPSA) is 79.8 Å². The fraction of sp³-hybridized carbons (Fsp3) is 0.591. The van der Waals surface area contributed by atoms with E-state index in [4.69, 9.17) is 9.73 Å². The van der Waals surface area contributed by atoms with Crippen LogP contribution in [0.15, 0.2) is 17.1 Å². The lowest BCUT2D eigenvalue weighted by Gasteiger charge is -2.21. The molecular weight excluding hydrogens is 354 g/mol. The molecule has 1 aromatic carbocycles. The molecule has 2 amide bonds. The highest BCUT2D eigenvalue weighted by Crippen LogP contribution is 2.30. The highest BCUT2D eigenvalue weighted by atomic mass is 16.5. The van der Waals surface area contributed by atoms with Crippen LogP contribution in [0.1, 0.15) is 62.8 Å². The SMILES string of the molecule is CCC(=NC(C)c1ccc(OCC2CNC(=O)C2)c(C)c1C)C(CC)NC=O. The largest absolute Gasteiger partial charge is 0.493 e. The maximum atomic E-state index is 11.3. The van der Waals surface area contributed by atoms with Gasteiger partial charge in [-0.05, 0) is 56.4 Å². The Morgan fingerprint density at radius 3 is 2.68 bits per heavy atom. The number of ether oxygens (including phenoxy) is 1. The van der Waals surface area contributed by atoms with Crippen LogP contribution in [-0.2, 0) is 9.59 Å². The van der Waals surface area contributed by atoms with E-state index < -0.39 is 0 Å². The number of hydrogen-bond donors (Lipinski definition) is 2. The van der Waals surface area contributed by atoms with E-state index in [0.29, 0.717) is 19.6 Å². The third kappa shape index (κ3) is 5.33. The van der Waals surface area contributed by atoms with Gasteiger partial charge in [0, 0.05) is 24.6 Å². The number of benzene rings is 1. The molecule has 0 aliphatic carbocycles. The van der Waals surface area contributed by atoms with Gasteiger partial charge in [0.05, 0.1) is 18.7 Å². The molecule has 1 saturated heterocycles. The molecule has 3 unspecified atom stereocenters. The highest BCUT2D eigenvalue weighted by Gasteiger charge is 2.22. The zero-order valence-corrected chi connectivity index (χ0v) is 17.7. The Labute approximate surface area is 168 Å². The minimum absolute atomic E-state index is 0.00172. The second-order valence-corrected chi connectivity index (χ2v) is 7.48. The van der Waals surface area contributed by atoms with Crippen molar-refractivity contribution >= 4 is 18.0 Å². The van der Waals surface area contributed by atoms with E-state index in [-0.39, 0.29) is 23.9 Å². The van der Waals surface area contributed by atoms with Crippen LogP contribution in [0.3, 0.4) is 0 Å². The molecule has 1 heterocycles. The first-order valence-electron chi connectivity index (χ1n) is 10.2. The molecule has 0 bridgehead atoms. The summed E-state index contributed by atoms with van der Waals surface area (Å²) >= 11 is 0. The molecular formula is C22H33N3O3. The van der Waals surface area contributed by atoms with Crippen molar-refractivity contribution in [1.29, 1.82) is 0 Å². The number of aliphatic imine (C=N–C) groups is 1. The average molecular weight is 388 g/mol. The summed E-state index contributed by atoms with van der Waals surface area (Å²) in [6.07, 6.45) is 2.91. The predicted octanol–water partition coefficient (Wildman–Crippen LogP) is 3.25. The Balaban J connectivity index is 2.14. The van der Waals surface area contributed by atoms with Gasteiger partial charge in [-0.1, -0.05) is 19.9 Å². The van der Waals surface area contributed by atoms with Crippen LogP contribution in [-0.4, -0.2) is 37.2 Å². The second kappa shape index (κ2) is 10.2. The number of nitrogens with zero attached hydrogens (tertiary/aromatic N) is 1. The van der Waals surface area contributed by atoms with Crippen LogP contribution < -0.4 is 15.4 Å². The van der Waals surface area contributed by atoms with Crippen molar-refractivity contribution in [3.05, 3.63) is 28.8 Å². The van der Waals surface area contributed by atoms with E-state index in [2.05, 4.69) is 44.4 Å². The summed E-state index contributed by atoms with van der Waals surface area (Å²) in [6, 6.07) is 4.06. The summed E-state index contributed by atoms with van der Waals surface area (Å²) < 4.78 is 6.00. The van der Waals surface area contributed by atoms with Crippen LogP contribution in [0.5, 0.6) is 5.75 Å². The van der Waals surface area contributed by atoms with E-state index in [1.165, 1.54) is 5.56 Å². The van der Waals surface area contributed by atoms with Gasteiger partial charge in [-0.3, -0.25) is 14.6 Å². The van der Waals surface area contributed by atoms with Gasteiger partial charge in [-0.2, -0.15) is 0 Å². The van der Waals surface area contributed by atoms with Gasteiger partial charge in [0.15, 0.2) is 0 Å². The van der Waals surface area contributed by atoms with Gasteiger partial charge in [0.1, 0.15) is 5.75 Å². The lowest BCUT2D eigenvalue weighted by Crippen LogP contribution is -2.35. The Morgan fingerprint density at radius 2 is 2.11 bits per heavy atom. The van der Waals surface area contributed by atoms with E-state index in [1.807, 2.05) is 13.0 Å². The minimum Gasteiger partial charge on any atom is -0.493 e. The van der Waals surface area contributed by atoms with Crippen LogP contribution >= 0.6 is 0 Å². The van der Waals surface area contributed by atoms with Crippen LogP contribution in [0.4, 0.5) is 0 Å². The summed E-state index contributed by atoms with van der Waals surface area (Å²) in [6.45, 7) is 11.6. The molecule has 0 aromatic heterocycles. The van der Waals surface area contributed by atoms with Gasteiger partial charge in [0.25, 0.3) is 0 Å². The average Bonchev–Trinajstić information content (AvgIpc) is 3.10. The van der Waals surface area contributed by atoms with E-state index in [9.17, 15) is 9.59 Å². The predicted molar refractivity (Wildman–Crippen MR) is 112 cm³/mol. The highest BCUT2D eigenvalue weighted by molar-refractivity contribution is 5.90. The lowest BCUT2D eigenvalue weighted by atomic mass is 9.97. The Bertz CT molecular complexity index is 730. The number of hydrogen-bond acceptors (Lipinski definition) is 4. The van der Waals surface area contributed by atoms with Gasteiger partial charge in [0.2, 0.25) is 12.3 Å². The Kier molecular flexibility index (Phi) is 8.03. The van der Waals surface area contributed by atoms with E-state index >= 15 is 0 Å². The molecule has 6 nitrogen and oxygen atoms in total. The molecule has 1 aliphatic rings. The summed E-state index contributed by atoms with van der Waals surface area (Å²) in [4.78, 5) is 27.1. The second-order valence-electron chi connectivity index (χ2n) is 7.48. The maximum absolute atomic E-state index is 11.3. The molecule has 0 radical (unpaired) electrons. The fourth-order valence-electron chi connectivity index (χ4n) is 3.69. The van der Waals surface area contributed by atoms with Gasteiger partial charge < -0.3 is 15.4 Å². The summed E-state index contributed by atoms with van der Waals surface area (Å²) in [5, 5.41) is 5.70. The van der Waals surface area contributed by atoms with E-state index in [0.717, 1.165) is 41.8 Å². The van der Waals surface area contributed by atoms with Crippen molar-refractivity contribution in [3.8, 4) is 5.75 Å². The van der Waals surface area contributed by atoms with Gasteiger partial charge in [-0.15, -0.1) is 0 Å². The minimum atomic E-state index is -0.0170. The molecule has 1 fully saturated rings. The van der Waals surface area contributed by atoms with Crippen molar-refractivity contribution < 1.29 is 14.3 Å². The molecule has 1 aromatic rings. The van der Waals surface area contributed by atoms with Crippen LogP contribution in [0.2, 0.25) is 0 Å². The molecule has 1 aliphatic heterocycles. The number of rotatable bonds is 10. The van der Waals surface area contributed by atoms with Gasteiger partial charge in [-0.25, -0.2) is 0 Å². The van der Waals surface area contributed by atoms with Crippen molar-refractivity contribution in [1.82, 2.24) is 10.6 Å². The summed E-state index contributed by atoms with van der Waals surface area (Å²) in [5.41, 5.74) is 4.45. The third-order valence-electron chi connectivity index (χ3n) is 5.57. The van der Waals surface area contributed by atoms with Crippen LogP contribution in [0, 0.1) is 19.8 Å². The van der Waals surface area contributed by atoms with E-state index in [1.54, 1.807) is 0 Å². The first-order chi connectivity index (χ1) is 13.4. The Hall–Kier alpha value is -2.37. The molecule has 2 rings (SSSR count). The lowest BCUT2D eigenvalue weighted by molar-refractivity contribution is -0.119. The number of nitrogens with one attached hydrogen (secondary N) is 2. The number of carbonyl (C=O) groups is 2. The Morgan fingerprint density at radius 1 is 1.36 bits per heavy atom. The molecule has 6 heteroatoms. The first-order valence-corrected chi connectivity index (χ1v) is 10.2. The summed E-state index contributed by atoms with van der Waals surface area (Å²) in [5.74, 6) is 1.20. The molecule has 2 N–H and O–H groups in total. The third-order valence-corrected chi connectivity index (χ3v) is 5.57. The van der Waals surface area contributed by atoms with Crippen molar-refractivity contribution in [2.24, 2.45) is 10.9 Å². The van der Waals surface area contributed by atoms with Crippen molar-refractivity contribution in [2.75, 3.05) is 13.2 Å². The number of carbonyl (C=O) groups excluding carboxylic acids is 2. The number of amides is 2. The normalized spacial score (nSPS) is 19.1. The van der Waals surface area contributed by atoms with Gasteiger partial charge >= 0.3 is 0 Å². The fourth-order valence-corrected chi connectivity index (χ4v) is 3.69. The molecule has 0 saturated carbocycles. The molecule has 154 valence electrons. The quantitative estimate of drug-likeness (QED) is 0.478. The first kappa shape index (κ1) is 21.9. The van der Waals surface area contributed by atoms with Crippen molar-refractivity contribution in [3.63, 3.8) is 0 Å². The smallest absolute Gasteiger partial charge is 0.220 e. The summed E-state index contributed by atoms with van der Waals surface area (Å²) in [7, 11) is 0. The zero-order valence-electron chi connectivity index (χ0n) is 17.7. The standard InChI is InChI=1S/C22H33N3O3/c1-6-19(24-13-26)20(7-2)25-16(5)18-8-9-21(15(4)14(18)3)28-12-17-10-22(27)23-11-17/h8-9,13,16-17,19H,6-7,10-12H2,1-5H3,(H,23,27)(H,24,26). The monoisotopic (exact) mass is 387 g/mol. The van der Waals surface area contributed by atoms with Crippen molar-refractivity contribution in [2.45, 2.75) is 66.0 Å². The molecule has 28 heavy (non-hydrogen) atoms. The maximum Gasteiger partial charge on any atom is 0.220 e.